The zero-order valence-electron chi connectivity index (χ0n) is 11.4. The molecule has 0 radical (unpaired) electrons. The van der Waals surface area contributed by atoms with Crippen LogP contribution < -0.4 is 0 Å². The monoisotopic (exact) mass is 274 g/mol. The van der Waals surface area contributed by atoms with Crippen molar-refractivity contribution in [2.75, 3.05) is 0 Å². The number of carboxylic acids is 1. The molecule has 21 heavy (non-hydrogen) atoms. The van der Waals surface area contributed by atoms with Gasteiger partial charge in [-0.2, -0.15) is 0 Å². The molecule has 1 N–H and O–H groups in total. The first-order valence-corrected chi connectivity index (χ1v) is 6.69. The van der Waals surface area contributed by atoms with E-state index in [1.165, 1.54) is 0 Å². The van der Waals surface area contributed by atoms with Crippen LogP contribution in [-0.4, -0.2) is 11.1 Å². The molecule has 102 valence electrons. The van der Waals surface area contributed by atoms with E-state index < -0.39 is 5.97 Å². The lowest BCUT2D eigenvalue weighted by atomic mass is 9.92. The summed E-state index contributed by atoms with van der Waals surface area (Å²) in [6.07, 6.45) is 1.81. The van der Waals surface area contributed by atoms with Crippen LogP contribution in [0.25, 0.3) is 28.0 Å². The minimum atomic E-state index is -0.908. The van der Waals surface area contributed by atoms with Gasteiger partial charge in [-0.1, -0.05) is 67.3 Å². The highest BCUT2D eigenvalue weighted by atomic mass is 16.4. The normalized spacial score (nSPS) is 10.5. The molecule has 0 saturated carbocycles. The molecule has 2 nitrogen and oxygen atoms in total. The van der Waals surface area contributed by atoms with Crippen molar-refractivity contribution in [3.8, 4) is 11.1 Å². The maximum absolute atomic E-state index is 11.4. The van der Waals surface area contributed by atoms with Gasteiger partial charge in [0, 0.05) is 0 Å². The second-order valence-electron chi connectivity index (χ2n) is 4.80. The van der Waals surface area contributed by atoms with Crippen LogP contribution in [0, 0.1) is 0 Å². The third-order valence-electron chi connectivity index (χ3n) is 3.63. The fourth-order valence-corrected chi connectivity index (χ4v) is 2.64. The molecular weight excluding hydrogens is 260 g/mol. The summed E-state index contributed by atoms with van der Waals surface area (Å²) in [7, 11) is 0. The van der Waals surface area contributed by atoms with E-state index in [9.17, 15) is 9.90 Å². The Kier molecular flexibility index (Phi) is 3.28. The van der Waals surface area contributed by atoms with Crippen molar-refractivity contribution >= 4 is 22.8 Å². The minimum absolute atomic E-state index is 0.324. The summed E-state index contributed by atoms with van der Waals surface area (Å²) in [5, 5.41) is 11.0. The third kappa shape index (κ3) is 2.21. The maximum Gasteiger partial charge on any atom is 0.336 e. The maximum atomic E-state index is 11.4. The molecule has 0 aromatic heterocycles. The molecule has 2 heteroatoms. The van der Waals surface area contributed by atoms with E-state index >= 15 is 0 Å². The highest BCUT2D eigenvalue weighted by Gasteiger charge is 2.12. The zero-order chi connectivity index (χ0) is 14.8. The second-order valence-corrected chi connectivity index (χ2v) is 4.80. The Balaban J connectivity index is 2.37. The number of benzene rings is 3. The Labute approximate surface area is 123 Å². The van der Waals surface area contributed by atoms with Crippen LogP contribution in [0.4, 0.5) is 0 Å². The van der Waals surface area contributed by atoms with E-state index in [-0.39, 0.29) is 0 Å². The summed E-state index contributed by atoms with van der Waals surface area (Å²) in [5.74, 6) is -0.908. The van der Waals surface area contributed by atoms with Crippen molar-refractivity contribution in [2.45, 2.75) is 0 Å². The molecule has 3 rings (SSSR count). The van der Waals surface area contributed by atoms with Crippen LogP contribution in [0.3, 0.4) is 0 Å². The molecule has 3 aromatic carbocycles. The number of aromatic carboxylic acids is 1. The summed E-state index contributed by atoms with van der Waals surface area (Å²) < 4.78 is 0. The molecule has 0 aliphatic rings. The molecule has 0 unspecified atom stereocenters. The van der Waals surface area contributed by atoms with Gasteiger partial charge in [-0.3, -0.25) is 0 Å². The Bertz CT molecular complexity index is 847. The van der Waals surface area contributed by atoms with Gasteiger partial charge in [-0.05, 0) is 33.5 Å². The van der Waals surface area contributed by atoms with Gasteiger partial charge in [-0.15, -0.1) is 0 Å². The molecule has 0 fully saturated rings. The summed E-state index contributed by atoms with van der Waals surface area (Å²) in [6.45, 7) is 3.85. The fourth-order valence-electron chi connectivity index (χ4n) is 2.64. The number of rotatable bonds is 3. The van der Waals surface area contributed by atoms with Crippen LogP contribution in [0.15, 0.2) is 67.2 Å². The molecular formula is C19H14O2. The first-order valence-electron chi connectivity index (χ1n) is 6.69. The van der Waals surface area contributed by atoms with Gasteiger partial charge in [0.15, 0.2) is 0 Å². The van der Waals surface area contributed by atoms with Gasteiger partial charge in [0.05, 0.1) is 5.56 Å². The molecule has 0 atom stereocenters. The van der Waals surface area contributed by atoms with Crippen LogP contribution in [0.5, 0.6) is 0 Å². The topological polar surface area (TPSA) is 37.3 Å². The number of carbonyl (C=O) groups is 1. The highest BCUT2D eigenvalue weighted by molar-refractivity contribution is 6.09. The van der Waals surface area contributed by atoms with Crippen molar-refractivity contribution in [2.24, 2.45) is 0 Å². The average Bonchev–Trinajstić information content (AvgIpc) is 2.53. The smallest absolute Gasteiger partial charge is 0.336 e. The highest BCUT2D eigenvalue weighted by Crippen LogP contribution is 2.33. The second kappa shape index (κ2) is 5.25. The van der Waals surface area contributed by atoms with E-state index in [0.29, 0.717) is 5.56 Å². The summed E-state index contributed by atoms with van der Waals surface area (Å²) in [6, 6.07) is 19.1. The molecule has 0 saturated heterocycles. The first-order chi connectivity index (χ1) is 10.2. The van der Waals surface area contributed by atoms with Crippen LogP contribution in [-0.2, 0) is 0 Å². The van der Waals surface area contributed by atoms with E-state index in [2.05, 4.69) is 6.58 Å². The quantitative estimate of drug-likeness (QED) is 0.741. The Morgan fingerprint density at radius 2 is 1.52 bits per heavy atom. The molecule has 0 heterocycles. The summed E-state index contributed by atoms with van der Waals surface area (Å²) in [5.41, 5.74) is 3.43. The Morgan fingerprint density at radius 1 is 0.857 bits per heavy atom. The van der Waals surface area contributed by atoms with E-state index in [1.807, 2.05) is 60.7 Å². The largest absolute Gasteiger partial charge is 0.478 e. The van der Waals surface area contributed by atoms with Gasteiger partial charge in [0.2, 0.25) is 0 Å². The standard InChI is InChI=1S/C19H14O2/c1-2-13-7-3-4-8-14(13)17-11-12-18(19(20)21)16-10-6-5-9-15(16)17/h2-12H,1H2,(H,20,21). The van der Waals surface area contributed by atoms with Crippen LogP contribution in [0.1, 0.15) is 15.9 Å². The predicted octanol–water partition coefficient (Wildman–Crippen LogP) is 4.85. The molecule has 0 aliphatic carbocycles. The SMILES string of the molecule is C=Cc1ccccc1-c1ccc(C(=O)O)c2ccccc12. The van der Waals surface area contributed by atoms with Gasteiger partial charge >= 0.3 is 5.97 Å². The first kappa shape index (κ1) is 13.1. The van der Waals surface area contributed by atoms with Gasteiger partial charge in [0.1, 0.15) is 0 Å². The minimum Gasteiger partial charge on any atom is -0.478 e. The third-order valence-corrected chi connectivity index (χ3v) is 3.63. The fraction of sp³-hybridized carbons (Fsp3) is 0. The molecule has 0 aliphatic heterocycles. The lowest BCUT2D eigenvalue weighted by molar-refractivity contribution is 0.0699. The number of carboxylic acid groups (broad SMARTS) is 1. The number of hydrogen-bond donors (Lipinski definition) is 1. The number of fused-ring (bicyclic) bond motifs is 1. The van der Waals surface area contributed by atoms with Crippen LogP contribution >= 0.6 is 0 Å². The van der Waals surface area contributed by atoms with Crippen molar-refractivity contribution in [3.05, 3.63) is 78.4 Å². The molecule has 0 bridgehead atoms. The van der Waals surface area contributed by atoms with Crippen LogP contribution in [0.2, 0.25) is 0 Å². The molecule has 3 aromatic rings. The van der Waals surface area contributed by atoms with Crippen molar-refractivity contribution in [1.29, 1.82) is 0 Å². The summed E-state index contributed by atoms with van der Waals surface area (Å²) in [4.78, 5) is 11.4. The zero-order valence-corrected chi connectivity index (χ0v) is 11.4. The lowest BCUT2D eigenvalue weighted by Gasteiger charge is -2.11. The van der Waals surface area contributed by atoms with E-state index in [1.54, 1.807) is 6.07 Å². The average molecular weight is 274 g/mol. The van der Waals surface area contributed by atoms with Crippen molar-refractivity contribution < 1.29 is 9.90 Å². The predicted molar refractivity (Wildman–Crippen MR) is 86.4 cm³/mol. The van der Waals surface area contributed by atoms with Crippen molar-refractivity contribution in [3.63, 3.8) is 0 Å². The molecule has 0 amide bonds. The summed E-state index contributed by atoms with van der Waals surface area (Å²) >= 11 is 0. The van der Waals surface area contributed by atoms with E-state index in [0.717, 1.165) is 27.5 Å². The lowest BCUT2D eigenvalue weighted by Crippen LogP contribution is -1.98. The molecule has 0 spiro atoms. The van der Waals surface area contributed by atoms with Crippen molar-refractivity contribution in [1.82, 2.24) is 0 Å². The van der Waals surface area contributed by atoms with Gasteiger partial charge in [0.25, 0.3) is 0 Å². The number of hydrogen-bond acceptors (Lipinski definition) is 1. The van der Waals surface area contributed by atoms with Gasteiger partial charge < -0.3 is 5.11 Å². The Morgan fingerprint density at radius 3 is 2.24 bits per heavy atom. The Hall–Kier alpha value is -2.87. The van der Waals surface area contributed by atoms with Gasteiger partial charge in [-0.25, -0.2) is 4.79 Å². The van der Waals surface area contributed by atoms with E-state index in [4.69, 9.17) is 0 Å².